The summed E-state index contributed by atoms with van der Waals surface area (Å²) >= 11 is 11.9. The first-order valence-electron chi connectivity index (χ1n) is 8.31. The molecule has 0 spiro atoms. The summed E-state index contributed by atoms with van der Waals surface area (Å²) in [7, 11) is -4.19. The molecule has 0 bridgehead atoms. The van der Waals surface area contributed by atoms with Crippen molar-refractivity contribution in [2.45, 2.75) is 9.79 Å². The molecule has 3 aromatic carbocycles. The van der Waals surface area contributed by atoms with E-state index in [9.17, 15) is 17.2 Å². The summed E-state index contributed by atoms with van der Waals surface area (Å²) in [6.07, 6.45) is 1.19. The Morgan fingerprint density at radius 3 is 2.21 bits per heavy atom. The molecule has 0 atom stereocenters. The Morgan fingerprint density at radius 2 is 1.52 bits per heavy atom. The van der Waals surface area contributed by atoms with Crippen molar-refractivity contribution < 1.29 is 17.2 Å². The fourth-order valence-corrected chi connectivity index (χ4v) is 5.02. The second-order valence-corrected chi connectivity index (χ2v) is 9.07. The molecule has 8 heteroatoms. The summed E-state index contributed by atoms with van der Waals surface area (Å²) < 4.78 is 54.0. The first kappa shape index (κ1) is 19.8. The van der Waals surface area contributed by atoms with E-state index in [4.69, 9.17) is 23.2 Å². The predicted octanol–water partition coefficient (Wildman–Crippen LogP) is 6.32. The van der Waals surface area contributed by atoms with Gasteiger partial charge in [-0.3, -0.25) is 4.98 Å². The van der Waals surface area contributed by atoms with E-state index < -0.39 is 21.5 Å². The van der Waals surface area contributed by atoms with Gasteiger partial charge in [-0.25, -0.2) is 17.2 Å². The molecule has 0 radical (unpaired) electrons. The number of aromatic nitrogens is 1. The molecule has 29 heavy (non-hydrogen) atoms. The van der Waals surface area contributed by atoms with Gasteiger partial charge in [-0.1, -0.05) is 41.4 Å². The standard InChI is InChI=1S/C21H11Cl2F2NO2S/c22-13-3-6-18-19(9-13)26-11-20(21(18)12-1-4-15(24)5-2-12)29(27,28)17-8-14(23)7-16(25)10-17/h1-11H. The van der Waals surface area contributed by atoms with Crippen molar-refractivity contribution in [2.75, 3.05) is 0 Å². The number of fused-ring (bicyclic) bond motifs is 1. The molecule has 1 aromatic heterocycles. The fourth-order valence-electron chi connectivity index (χ4n) is 3.08. The van der Waals surface area contributed by atoms with Gasteiger partial charge in [0.2, 0.25) is 9.84 Å². The van der Waals surface area contributed by atoms with E-state index in [0.29, 0.717) is 27.1 Å². The highest BCUT2D eigenvalue weighted by Gasteiger charge is 2.25. The van der Waals surface area contributed by atoms with Crippen LogP contribution in [0.25, 0.3) is 22.0 Å². The Balaban J connectivity index is 2.07. The highest BCUT2D eigenvalue weighted by atomic mass is 35.5. The number of sulfone groups is 1. The Kier molecular flexibility index (Phi) is 5.02. The van der Waals surface area contributed by atoms with Crippen LogP contribution in [0.2, 0.25) is 10.0 Å². The molecule has 4 rings (SSSR count). The Bertz CT molecular complexity index is 1340. The van der Waals surface area contributed by atoms with Crippen LogP contribution in [0.3, 0.4) is 0 Å². The van der Waals surface area contributed by atoms with Gasteiger partial charge in [0, 0.05) is 27.2 Å². The average molecular weight is 450 g/mol. The maximum atomic E-state index is 13.8. The predicted molar refractivity (Wildman–Crippen MR) is 109 cm³/mol. The number of hydrogen-bond donors (Lipinski definition) is 0. The molecule has 0 unspecified atom stereocenters. The van der Waals surface area contributed by atoms with Crippen LogP contribution < -0.4 is 0 Å². The number of nitrogens with zero attached hydrogens (tertiary/aromatic N) is 1. The number of hydrogen-bond acceptors (Lipinski definition) is 3. The molecule has 3 nitrogen and oxygen atoms in total. The summed E-state index contributed by atoms with van der Waals surface area (Å²) in [6, 6.07) is 13.3. The lowest BCUT2D eigenvalue weighted by molar-refractivity contribution is 0.591. The van der Waals surface area contributed by atoms with Gasteiger partial charge in [0.05, 0.1) is 15.3 Å². The molecule has 0 aliphatic carbocycles. The van der Waals surface area contributed by atoms with Gasteiger partial charge < -0.3 is 0 Å². The van der Waals surface area contributed by atoms with Gasteiger partial charge >= 0.3 is 0 Å². The summed E-state index contributed by atoms with van der Waals surface area (Å²) in [4.78, 5) is 3.76. The first-order valence-corrected chi connectivity index (χ1v) is 10.5. The Labute approximate surface area is 175 Å². The highest BCUT2D eigenvalue weighted by molar-refractivity contribution is 7.91. The molecule has 0 saturated carbocycles. The van der Waals surface area contributed by atoms with Gasteiger partial charge in [0.1, 0.15) is 11.6 Å². The molecular weight excluding hydrogens is 439 g/mol. The topological polar surface area (TPSA) is 47.0 Å². The van der Waals surface area contributed by atoms with Crippen LogP contribution >= 0.6 is 23.2 Å². The van der Waals surface area contributed by atoms with Gasteiger partial charge in [0.25, 0.3) is 0 Å². The normalized spacial score (nSPS) is 11.7. The lowest BCUT2D eigenvalue weighted by atomic mass is 10.0. The van der Waals surface area contributed by atoms with Crippen LogP contribution in [0.1, 0.15) is 0 Å². The van der Waals surface area contributed by atoms with Crippen molar-refractivity contribution in [3.63, 3.8) is 0 Å². The Hall–Kier alpha value is -2.54. The molecule has 0 fully saturated rings. The number of rotatable bonds is 3. The van der Waals surface area contributed by atoms with Gasteiger partial charge in [-0.05, 0) is 48.0 Å². The number of halogens is 4. The fraction of sp³-hybridized carbons (Fsp3) is 0. The van der Waals surface area contributed by atoms with Crippen LogP contribution in [0.15, 0.2) is 76.7 Å². The zero-order chi connectivity index (χ0) is 20.8. The molecule has 4 aromatic rings. The van der Waals surface area contributed by atoms with Gasteiger partial charge in [-0.2, -0.15) is 0 Å². The van der Waals surface area contributed by atoms with Crippen LogP contribution in [0.4, 0.5) is 8.78 Å². The van der Waals surface area contributed by atoms with Crippen molar-refractivity contribution in [3.8, 4) is 11.1 Å². The average Bonchev–Trinajstić information content (AvgIpc) is 2.67. The smallest absolute Gasteiger partial charge is 0.208 e. The molecule has 1 heterocycles. The molecule has 0 amide bonds. The summed E-state index contributed by atoms with van der Waals surface area (Å²) in [5.41, 5.74) is 1.24. The second kappa shape index (κ2) is 7.37. The molecule has 0 N–H and O–H groups in total. The lowest BCUT2D eigenvalue weighted by Gasteiger charge is -2.14. The van der Waals surface area contributed by atoms with Crippen molar-refractivity contribution in [1.29, 1.82) is 0 Å². The van der Waals surface area contributed by atoms with E-state index in [1.165, 1.54) is 36.5 Å². The number of pyridine rings is 1. The van der Waals surface area contributed by atoms with Crippen LogP contribution in [0.5, 0.6) is 0 Å². The third kappa shape index (κ3) is 3.71. The molecule has 0 aliphatic heterocycles. The van der Waals surface area contributed by atoms with E-state index >= 15 is 0 Å². The van der Waals surface area contributed by atoms with Gasteiger partial charge in [0.15, 0.2) is 0 Å². The minimum atomic E-state index is -4.19. The minimum Gasteiger partial charge on any atom is -0.255 e. The number of benzene rings is 3. The van der Waals surface area contributed by atoms with Crippen molar-refractivity contribution in [2.24, 2.45) is 0 Å². The van der Waals surface area contributed by atoms with Crippen LogP contribution in [0, 0.1) is 11.6 Å². The zero-order valence-corrected chi connectivity index (χ0v) is 16.9. The first-order chi connectivity index (χ1) is 13.8. The highest BCUT2D eigenvalue weighted by Crippen LogP contribution is 2.37. The van der Waals surface area contributed by atoms with E-state index in [0.717, 1.165) is 12.1 Å². The summed E-state index contributed by atoms with van der Waals surface area (Å²) in [5.74, 6) is -1.24. The van der Waals surface area contributed by atoms with Crippen LogP contribution in [-0.2, 0) is 9.84 Å². The third-order valence-corrected chi connectivity index (χ3v) is 6.56. The van der Waals surface area contributed by atoms with E-state index in [-0.39, 0.29) is 14.8 Å². The molecular formula is C21H11Cl2F2NO2S. The van der Waals surface area contributed by atoms with Crippen LogP contribution in [-0.4, -0.2) is 13.4 Å². The minimum absolute atomic E-state index is 0.0487. The van der Waals surface area contributed by atoms with Crippen molar-refractivity contribution >= 4 is 43.9 Å². The third-order valence-electron chi connectivity index (χ3n) is 4.37. The van der Waals surface area contributed by atoms with E-state index in [1.54, 1.807) is 18.2 Å². The second-order valence-electron chi connectivity index (χ2n) is 6.27. The quantitative estimate of drug-likeness (QED) is 0.367. The lowest BCUT2D eigenvalue weighted by Crippen LogP contribution is -2.06. The largest absolute Gasteiger partial charge is 0.255 e. The monoisotopic (exact) mass is 449 g/mol. The van der Waals surface area contributed by atoms with E-state index in [2.05, 4.69) is 4.98 Å². The molecule has 0 aliphatic rings. The maximum absolute atomic E-state index is 13.8. The molecule has 146 valence electrons. The maximum Gasteiger partial charge on any atom is 0.208 e. The zero-order valence-electron chi connectivity index (χ0n) is 14.5. The van der Waals surface area contributed by atoms with Crippen molar-refractivity contribution in [3.05, 3.63) is 88.5 Å². The summed E-state index contributed by atoms with van der Waals surface area (Å²) in [5, 5.41) is 0.889. The summed E-state index contributed by atoms with van der Waals surface area (Å²) in [6.45, 7) is 0. The van der Waals surface area contributed by atoms with E-state index in [1.807, 2.05) is 0 Å². The molecule has 0 saturated heterocycles. The SMILES string of the molecule is O=S(=O)(c1cc(F)cc(Cl)c1)c1cnc2cc(Cl)ccc2c1-c1ccc(F)cc1. The van der Waals surface area contributed by atoms with Gasteiger partial charge in [-0.15, -0.1) is 0 Å². The Morgan fingerprint density at radius 1 is 0.793 bits per heavy atom. The van der Waals surface area contributed by atoms with Crippen molar-refractivity contribution in [1.82, 2.24) is 4.98 Å².